The van der Waals surface area contributed by atoms with Crippen molar-refractivity contribution in [1.29, 1.82) is 0 Å². The summed E-state index contributed by atoms with van der Waals surface area (Å²) in [5.74, 6) is 2.73. The molecular weight excluding hydrogens is 575 g/mol. The van der Waals surface area contributed by atoms with E-state index in [1.54, 1.807) is 30.3 Å². The molecule has 3 aromatic carbocycles. The van der Waals surface area contributed by atoms with Crippen LogP contribution in [0.1, 0.15) is 11.1 Å². The molecule has 6 nitrogen and oxygen atoms in total. The van der Waals surface area contributed by atoms with E-state index in [1.165, 1.54) is 25.5 Å². The third-order valence-electron chi connectivity index (χ3n) is 5.19. The minimum absolute atomic E-state index is 0.0472. The van der Waals surface area contributed by atoms with Gasteiger partial charge in [0.2, 0.25) is 0 Å². The van der Waals surface area contributed by atoms with Gasteiger partial charge < -0.3 is 9.47 Å². The predicted molar refractivity (Wildman–Crippen MR) is 139 cm³/mol. The summed E-state index contributed by atoms with van der Waals surface area (Å²) in [6.45, 7) is -0.0472. The number of alkyl halides is 3. The zero-order valence-corrected chi connectivity index (χ0v) is 21.4. The fraction of sp³-hybridized carbons (Fsp3) is 0.115. The number of hydrogen-bond acceptors (Lipinski definition) is 5. The Balaban J connectivity index is 1.91. The zero-order chi connectivity index (χ0) is 26.7. The molecule has 1 aromatic heterocycles. The normalized spacial score (nSPS) is 11.6. The smallest absolute Gasteiger partial charge is 0.416 e. The quantitative estimate of drug-likeness (QED) is 0.193. The van der Waals surface area contributed by atoms with Crippen molar-refractivity contribution >= 4 is 44.6 Å². The van der Waals surface area contributed by atoms with Crippen LogP contribution in [0.2, 0.25) is 5.02 Å². The summed E-state index contributed by atoms with van der Waals surface area (Å²) in [7, 11) is 1.41. The Morgan fingerprint density at radius 2 is 1.97 bits per heavy atom. The van der Waals surface area contributed by atoms with Crippen LogP contribution >= 0.6 is 27.5 Å². The Kier molecular flexibility index (Phi) is 7.57. The van der Waals surface area contributed by atoms with Crippen LogP contribution in [0.4, 0.5) is 13.2 Å². The fourth-order valence-corrected chi connectivity index (χ4v) is 4.12. The Morgan fingerprint density at radius 3 is 2.68 bits per heavy atom. The summed E-state index contributed by atoms with van der Waals surface area (Å²) in [6.07, 6.45) is 1.98. The molecule has 0 saturated heterocycles. The van der Waals surface area contributed by atoms with Crippen LogP contribution in [0, 0.1) is 12.3 Å². The van der Waals surface area contributed by atoms with E-state index in [-0.39, 0.29) is 39.9 Å². The van der Waals surface area contributed by atoms with E-state index < -0.39 is 17.3 Å². The summed E-state index contributed by atoms with van der Waals surface area (Å²) in [5, 5.41) is 4.67. The molecule has 0 amide bonds. The lowest BCUT2D eigenvalue weighted by molar-refractivity contribution is -0.137. The molecule has 0 fully saturated rings. The first kappa shape index (κ1) is 26.3. The molecule has 4 rings (SSSR count). The number of terminal acetylenes is 1. The highest BCUT2D eigenvalue weighted by Crippen LogP contribution is 2.42. The van der Waals surface area contributed by atoms with E-state index in [1.807, 2.05) is 0 Å². The molecule has 11 heteroatoms. The van der Waals surface area contributed by atoms with Crippen LogP contribution < -0.4 is 15.0 Å². The molecule has 0 aliphatic carbocycles. The van der Waals surface area contributed by atoms with Gasteiger partial charge in [-0.05, 0) is 46.3 Å². The van der Waals surface area contributed by atoms with Gasteiger partial charge in [0.05, 0.1) is 29.8 Å². The molecule has 0 unspecified atom stereocenters. The van der Waals surface area contributed by atoms with E-state index in [2.05, 4.69) is 31.9 Å². The van der Waals surface area contributed by atoms with Crippen LogP contribution in [0.3, 0.4) is 0 Å². The number of aromatic nitrogens is 2. The van der Waals surface area contributed by atoms with Gasteiger partial charge in [-0.2, -0.15) is 22.9 Å². The molecule has 0 spiro atoms. The van der Waals surface area contributed by atoms with Gasteiger partial charge >= 0.3 is 6.18 Å². The molecule has 0 N–H and O–H groups in total. The lowest BCUT2D eigenvalue weighted by Crippen LogP contribution is -2.20. The molecule has 0 aliphatic rings. The van der Waals surface area contributed by atoms with Crippen LogP contribution in [-0.4, -0.2) is 29.6 Å². The van der Waals surface area contributed by atoms with Crippen LogP contribution in [0.25, 0.3) is 22.3 Å². The Morgan fingerprint density at radius 1 is 1.22 bits per heavy atom. The lowest BCUT2D eigenvalue weighted by atomic mass is 10.1. The number of halogens is 5. The van der Waals surface area contributed by atoms with Gasteiger partial charge in [-0.1, -0.05) is 41.8 Å². The van der Waals surface area contributed by atoms with Crippen molar-refractivity contribution in [3.8, 4) is 35.2 Å². The summed E-state index contributed by atoms with van der Waals surface area (Å²) < 4.78 is 52.3. The Hall–Kier alpha value is -3.81. The average molecular weight is 591 g/mol. The topological polar surface area (TPSA) is 65.7 Å². The number of para-hydroxylation sites is 1. The van der Waals surface area contributed by atoms with Crippen molar-refractivity contribution in [1.82, 2.24) is 9.66 Å². The average Bonchev–Trinajstić information content (AvgIpc) is 2.89. The van der Waals surface area contributed by atoms with Crippen LogP contribution in [-0.2, 0) is 6.18 Å². The summed E-state index contributed by atoms with van der Waals surface area (Å²) in [4.78, 5) is 17.8. The maximum Gasteiger partial charge on any atom is 0.416 e. The van der Waals surface area contributed by atoms with E-state index >= 15 is 0 Å². The molecule has 0 bridgehead atoms. The van der Waals surface area contributed by atoms with Crippen LogP contribution in [0.5, 0.6) is 11.5 Å². The summed E-state index contributed by atoms with van der Waals surface area (Å²) >= 11 is 9.80. The number of hydrogen-bond donors (Lipinski definition) is 0. The van der Waals surface area contributed by atoms with Gasteiger partial charge in [0.1, 0.15) is 11.6 Å². The maximum atomic E-state index is 13.4. The Labute approximate surface area is 222 Å². The number of fused-ring (bicyclic) bond motifs is 1. The van der Waals surface area contributed by atoms with Crippen molar-refractivity contribution in [3.63, 3.8) is 0 Å². The Bertz CT molecular complexity index is 1630. The predicted octanol–water partition coefficient (Wildman–Crippen LogP) is 6.40. The van der Waals surface area contributed by atoms with Gasteiger partial charge in [-0.25, -0.2) is 4.98 Å². The van der Waals surface area contributed by atoms with E-state index in [4.69, 9.17) is 27.5 Å². The van der Waals surface area contributed by atoms with Crippen molar-refractivity contribution in [2.24, 2.45) is 5.10 Å². The molecule has 4 aromatic rings. The van der Waals surface area contributed by atoms with Crippen molar-refractivity contribution in [2.75, 3.05) is 13.7 Å². The van der Waals surface area contributed by atoms with Gasteiger partial charge in [0.15, 0.2) is 17.3 Å². The van der Waals surface area contributed by atoms with Crippen molar-refractivity contribution in [2.45, 2.75) is 6.18 Å². The first-order chi connectivity index (χ1) is 17.7. The molecule has 188 valence electrons. The SMILES string of the molecule is C#CCOc1c(OC)cc(C=Nn2c(-c3cccc(C(F)(F)F)c3)nc3ccccc3c2=O)c(Br)c1Cl. The molecular formula is C26H16BrClF3N3O3. The molecule has 0 atom stereocenters. The van der Waals surface area contributed by atoms with E-state index in [9.17, 15) is 18.0 Å². The van der Waals surface area contributed by atoms with Gasteiger partial charge in [-0.15, -0.1) is 6.42 Å². The standard InChI is InChI=1S/C26H16BrClF3N3O3/c1-3-11-37-23-20(36-2)13-16(21(27)22(23)28)14-32-34-24(15-7-6-8-17(12-15)26(29,30)31)33-19-10-5-4-9-18(19)25(34)35/h1,4-10,12-14H,11H2,2H3. The lowest BCUT2D eigenvalue weighted by Gasteiger charge is -2.14. The minimum atomic E-state index is -4.58. The largest absolute Gasteiger partial charge is 0.493 e. The van der Waals surface area contributed by atoms with Crippen molar-refractivity contribution < 1.29 is 22.6 Å². The minimum Gasteiger partial charge on any atom is -0.493 e. The third kappa shape index (κ3) is 5.33. The second kappa shape index (κ2) is 10.7. The highest BCUT2D eigenvalue weighted by atomic mass is 79.9. The third-order valence-corrected chi connectivity index (χ3v) is 6.63. The number of nitrogens with zero attached hydrogens (tertiary/aromatic N) is 3. The van der Waals surface area contributed by atoms with E-state index in [0.717, 1.165) is 16.8 Å². The monoisotopic (exact) mass is 589 g/mol. The number of ether oxygens (including phenoxy) is 2. The second-order valence-corrected chi connectivity index (χ2v) is 8.68. The molecule has 0 aliphatic heterocycles. The highest BCUT2D eigenvalue weighted by molar-refractivity contribution is 9.10. The molecule has 37 heavy (non-hydrogen) atoms. The molecule has 0 radical (unpaired) electrons. The highest BCUT2D eigenvalue weighted by Gasteiger charge is 2.31. The first-order valence-corrected chi connectivity index (χ1v) is 11.7. The maximum absolute atomic E-state index is 13.4. The summed E-state index contributed by atoms with van der Waals surface area (Å²) in [6, 6.07) is 12.5. The number of rotatable bonds is 6. The van der Waals surface area contributed by atoms with Gasteiger partial charge in [-0.3, -0.25) is 4.79 Å². The number of methoxy groups -OCH3 is 1. The molecule has 1 heterocycles. The van der Waals surface area contributed by atoms with Gasteiger partial charge in [0, 0.05) is 15.6 Å². The number of benzene rings is 3. The summed E-state index contributed by atoms with van der Waals surface area (Å²) in [5.41, 5.74) is -0.693. The van der Waals surface area contributed by atoms with E-state index in [0.29, 0.717) is 15.6 Å². The molecule has 0 saturated carbocycles. The van der Waals surface area contributed by atoms with Crippen molar-refractivity contribution in [3.05, 3.63) is 85.6 Å². The first-order valence-electron chi connectivity index (χ1n) is 10.5. The second-order valence-electron chi connectivity index (χ2n) is 7.51. The zero-order valence-electron chi connectivity index (χ0n) is 19.0. The van der Waals surface area contributed by atoms with Crippen LogP contribution in [0.15, 0.2) is 69.0 Å². The fourth-order valence-electron chi connectivity index (χ4n) is 3.47. The van der Waals surface area contributed by atoms with Gasteiger partial charge in [0.25, 0.3) is 5.56 Å².